The molecule has 3 aromatic rings. The van der Waals surface area contributed by atoms with Crippen molar-refractivity contribution in [3.05, 3.63) is 73.5 Å². The smallest absolute Gasteiger partial charge is 0.270 e. The fourth-order valence-electron chi connectivity index (χ4n) is 2.06. The molecule has 0 fully saturated rings. The number of nitro benzene ring substituents is 1. The van der Waals surface area contributed by atoms with Gasteiger partial charge in [0.15, 0.2) is 10.7 Å². The standard InChI is InChI=1S/C17H10BrN5O2S/c18-12-4-6-13(7-5-12)21-22-15(9-19)17-20-16(10-26-17)11-2-1-3-14(8-11)23(24)25/h1-8,10,21H/b22-15-. The van der Waals surface area contributed by atoms with Gasteiger partial charge in [-0.25, -0.2) is 4.98 Å². The summed E-state index contributed by atoms with van der Waals surface area (Å²) in [5.74, 6) is 0. The van der Waals surface area contributed by atoms with E-state index in [4.69, 9.17) is 0 Å². The third-order valence-corrected chi connectivity index (χ3v) is 4.68. The van der Waals surface area contributed by atoms with E-state index in [0.717, 1.165) is 10.2 Å². The molecule has 1 heterocycles. The van der Waals surface area contributed by atoms with Crippen LogP contribution in [-0.4, -0.2) is 15.6 Å². The second-order valence-electron chi connectivity index (χ2n) is 5.04. The summed E-state index contributed by atoms with van der Waals surface area (Å²) in [6.45, 7) is 0. The maximum absolute atomic E-state index is 10.9. The third kappa shape index (κ3) is 4.11. The van der Waals surface area contributed by atoms with Crippen molar-refractivity contribution in [1.82, 2.24) is 4.98 Å². The summed E-state index contributed by atoms with van der Waals surface area (Å²) in [5.41, 5.74) is 4.84. The van der Waals surface area contributed by atoms with E-state index in [-0.39, 0.29) is 11.4 Å². The SMILES string of the molecule is N#C/C(=N/Nc1ccc(Br)cc1)c1nc(-c2cccc([N+](=O)[O-])c2)cs1. The van der Waals surface area contributed by atoms with Gasteiger partial charge in [-0.2, -0.15) is 10.4 Å². The van der Waals surface area contributed by atoms with Crippen LogP contribution < -0.4 is 5.43 Å². The molecule has 1 N–H and O–H groups in total. The van der Waals surface area contributed by atoms with Gasteiger partial charge in [-0.1, -0.05) is 28.1 Å². The molecule has 0 atom stereocenters. The van der Waals surface area contributed by atoms with Crippen LogP contribution >= 0.6 is 27.3 Å². The number of thiazole rings is 1. The predicted molar refractivity (Wildman–Crippen MR) is 104 cm³/mol. The number of nitro groups is 1. The van der Waals surface area contributed by atoms with Crippen LogP contribution in [0, 0.1) is 21.4 Å². The van der Waals surface area contributed by atoms with Crippen LogP contribution in [0.2, 0.25) is 0 Å². The van der Waals surface area contributed by atoms with Crippen LogP contribution in [0.15, 0.2) is 63.5 Å². The lowest BCUT2D eigenvalue weighted by Gasteiger charge is -2.00. The van der Waals surface area contributed by atoms with Crippen LogP contribution in [0.25, 0.3) is 11.3 Å². The van der Waals surface area contributed by atoms with Crippen molar-refractivity contribution in [2.45, 2.75) is 0 Å². The monoisotopic (exact) mass is 427 g/mol. The topological polar surface area (TPSA) is 104 Å². The summed E-state index contributed by atoms with van der Waals surface area (Å²) in [6, 6.07) is 15.6. The highest BCUT2D eigenvalue weighted by Crippen LogP contribution is 2.25. The van der Waals surface area contributed by atoms with E-state index < -0.39 is 4.92 Å². The van der Waals surface area contributed by atoms with Gasteiger partial charge in [-0.3, -0.25) is 15.5 Å². The summed E-state index contributed by atoms with van der Waals surface area (Å²) in [5, 5.41) is 26.5. The molecular formula is C17H10BrN5O2S. The fourth-order valence-corrected chi connectivity index (χ4v) is 3.09. The Hall–Kier alpha value is -3.09. The number of non-ortho nitro benzene ring substituents is 1. The maximum atomic E-state index is 10.9. The molecule has 9 heteroatoms. The average molecular weight is 428 g/mol. The van der Waals surface area contributed by atoms with Gasteiger partial charge < -0.3 is 0 Å². The van der Waals surface area contributed by atoms with Gasteiger partial charge in [0.25, 0.3) is 5.69 Å². The zero-order valence-corrected chi connectivity index (χ0v) is 15.5. The van der Waals surface area contributed by atoms with E-state index in [1.54, 1.807) is 17.5 Å². The lowest BCUT2D eigenvalue weighted by atomic mass is 10.1. The number of nitrogens with zero attached hydrogens (tertiary/aromatic N) is 4. The number of halogens is 1. The molecular weight excluding hydrogens is 418 g/mol. The minimum Gasteiger partial charge on any atom is -0.277 e. The second-order valence-corrected chi connectivity index (χ2v) is 6.81. The average Bonchev–Trinajstić information content (AvgIpc) is 3.14. The largest absolute Gasteiger partial charge is 0.277 e. The normalized spacial score (nSPS) is 11.0. The molecule has 0 aliphatic heterocycles. The summed E-state index contributed by atoms with van der Waals surface area (Å²) < 4.78 is 0.939. The lowest BCUT2D eigenvalue weighted by molar-refractivity contribution is -0.384. The molecule has 0 amide bonds. The van der Waals surface area contributed by atoms with Crippen molar-refractivity contribution >= 4 is 44.4 Å². The van der Waals surface area contributed by atoms with Gasteiger partial charge >= 0.3 is 0 Å². The molecule has 0 aliphatic carbocycles. The van der Waals surface area contributed by atoms with Crippen molar-refractivity contribution in [3.63, 3.8) is 0 Å². The van der Waals surface area contributed by atoms with Gasteiger partial charge in [-0.15, -0.1) is 11.3 Å². The molecule has 1 aromatic heterocycles. The highest BCUT2D eigenvalue weighted by molar-refractivity contribution is 9.10. The van der Waals surface area contributed by atoms with Crippen LogP contribution in [0.1, 0.15) is 5.01 Å². The van der Waals surface area contributed by atoms with Gasteiger partial charge in [-0.05, 0) is 24.3 Å². The number of hydrazone groups is 1. The number of aromatic nitrogens is 1. The molecule has 0 saturated carbocycles. The molecule has 0 radical (unpaired) electrons. The first-order chi connectivity index (χ1) is 12.6. The number of hydrogen-bond donors (Lipinski definition) is 1. The van der Waals surface area contributed by atoms with Crippen LogP contribution in [0.3, 0.4) is 0 Å². The Balaban J connectivity index is 1.84. The summed E-state index contributed by atoms with van der Waals surface area (Å²) in [4.78, 5) is 14.8. The van der Waals surface area contributed by atoms with Gasteiger partial charge in [0, 0.05) is 27.5 Å². The van der Waals surface area contributed by atoms with Crippen molar-refractivity contribution in [3.8, 4) is 17.3 Å². The van der Waals surface area contributed by atoms with Gasteiger partial charge in [0.1, 0.15) is 6.07 Å². The van der Waals surface area contributed by atoms with Crippen LogP contribution in [0.4, 0.5) is 11.4 Å². The summed E-state index contributed by atoms with van der Waals surface area (Å²) in [6.07, 6.45) is 0. The zero-order valence-electron chi connectivity index (χ0n) is 13.1. The molecule has 0 bridgehead atoms. The zero-order chi connectivity index (χ0) is 18.5. The number of nitriles is 1. The predicted octanol–water partition coefficient (Wildman–Crippen LogP) is 4.82. The molecule has 2 aromatic carbocycles. The van der Waals surface area contributed by atoms with Crippen LogP contribution in [0.5, 0.6) is 0 Å². The molecule has 128 valence electrons. The molecule has 26 heavy (non-hydrogen) atoms. The van der Waals surface area contributed by atoms with Crippen LogP contribution in [-0.2, 0) is 0 Å². The first kappa shape index (κ1) is 17.7. The quantitative estimate of drug-likeness (QED) is 0.356. The number of hydrogen-bond acceptors (Lipinski definition) is 7. The Morgan fingerprint density at radius 1 is 1.31 bits per heavy atom. The minimum atomic E-state index is -0.457. The molecule has 3 rings (SSSR count). The first-order valence-electron chi connectivity index (χ1n) is 7.27. The van der Waals surface area contributed by atoms with Crippen molar-refractivity contribution in [1.29, 1.82) is 5.26 Å². The number of nitrogens with one attached hydrogen (secondary N) is 1. The fraction of sp³-hybridized carbons (Fsp3) is 0. The molecule has 0 aliphatic rings. The Kier molecular flexibility index (Phi) is 5.36. The lowest BCUT2D eigenvalue weighted by Crippen LogP contribution is -2.01. The van der Waals surface area contributed by atoms with Crippen molar-refractivity contribution in [2.24, 2.45) is 5.10 Å². The molecule has 7 nitrogen and oxygen atoms in total. The Labute approximate surface area is 160 Å². The van der Waals surface area contributed by atoms with E-state index in [2.05, 4.69) is 31.4 Å². The molecule has 0 saturated heterocycles. The maximum Gasteiger partial charge on any atom is 0.270 e. The molecule has 0 spiro atoms. The van der Waals surface area contributed by atoms with E-state index in [1.807, 2.05) is 30.3 Å². The van der Waals surface area contributed by atoms with E-state index in [1.165, 1.54) is 23.5 Å². The molecule has 0 unspecified atom stereocenters. The van der Waals surface area contributed by atoms with Crippen molar-refractivity contribution < 1.29 is 4.92 Å². The minimum absolute atomic E-state index is 0.0110. The number of benzene rings is 2. The number of rotatable bonds is 5. The number of anilines is 1. The Morgan fingerprint density at radius 3 is 2.77 bits per heavy atom. The Bertz CT molecular complexity index is 1020. The van der Waals surface area contributed by atoms with E-state index >= 15 is 0 Å². The van der Waals surface area contributed by atoms with E-state index in [0.29, 0.717) is 16.3 Å². The summed E-state index contributed by atoms with van der Waals surface area (Å²) >= 11 is 4.60. The van der Waals surface area contributed by atoms with Crippen molar-refractivity contribution in [2.75, 3.05) is 5.43 Å². The van der Waals surface area contributed by atoms with E-state index in [9.17, 15) is 15.4 Å². The highest BCUT2D eigenvalue weighted by atomic mass is 79.9. The van der Waals surface area contributed by atoms with Gasteiger partial charge in [0.2, 0.25) is 0 Å². The summed E-state index contributed by atoms with van der Waals surface area (Å²) in [7, 11) is 0. The Morgan fingerprint density at radius 2 is 2.08 bits per heavy atom. The third-order valence-electron chi connectivity index (χ3n) is 3.31. The second kappa shape index (κ2) is 7.86. The van der Waals surface area contributed by atoms with Gasteiger partial charge in [0.05, 0.1) is 16.3 Å². The highest BCUT2D eigenvalue weighted by Gasteiger charge is 2.13. The first-order valence-corrected chi connectivity index (χ1v) is 8.94.